The molecule has 0 aromatic heterocycles. The molecule has 46 heavy (non-hydrogen) atoms. The van der Waals surface area contributed by atoms with Crippen molar-refractivity contribution in [3.05, 3.63) is 48.6 Å². The minimum Gasteiger partial charge on any atom is -0.480 e. The van der Waals surface area contributed by atoms with Gasteiger partial charge < -0.3 is 20.9 Å². The number of nitrogens with two attached hydrogens (primary N) is 1. The molecular formula is C39H68N2O5. The van der Waals surface area contributed by atoms with Crippen molar-refractivity contribution in [1.82, 2.24) is 5.32 Å². The third-order valence-electron chi connectivity index (χ3n) is 7.86. The lowest BCUT2D eigenvalue weighted by Crippen LogP contribution is -2.40. The first-order chi connectivity index (χ1) is 22.4. The molecular weight excluding hydrogens is 576 g/mol. The van der Waals surface area contributed by atoms with Gasteiger partial charge in [-0.15, -0.1) is 0 Å². The molecule has 2 unspecified atom stereocenters. The number of nitrogens with one attached hydrogen (secondary N) is 1. The number of carbonyl (C=O) groups is 3. The van der Waals surface area contributed by atoms with Crippen LogP contribution in [0.3, 0.4) is 0 Å². The summed E-state index contributed by atoms with van der Waals surface area (Å²) >= 11 is 0. The number of allylic oxidation sites excluding steroid dienone is 7. The summed E-state index contributed by atoms with van der Waals surface area (Å²) in [4.78, 5) is 36.0. The van der Waals surface area contributed by atoms with E-state index in [1.807, 2.05) is 6.08 Å². The second kappa shape index (κ2) is 33.7. The summed E-state index contributed by atoms with van der Waals surface area (Å²) in [6.07, 6.45) is 39.0. The number of carboxylic acid groups (broad SMARTS) is 1. The molecule has 0 saturated heterocycles. The number of aliphatic carboxylic acids is 1. The number of hydrogen-bond donors (Lipinski definition) is 3. The highest BCUT2D eigenvalue weighted by Gasteiger charge is 2.19. The standard InChI is InChI=1S/C39H68N2O5/c1-3-5-7-9-10-11-12-13-14-15-16-17-18-19-20-21-27-33-38(43)46-35(29-24-8-6-4-2)30-25-22-23-26-32-37(42)41-36(39(44)45)31-28-34-40/h5,7,10-11,13-14,24,29,35-36H,3-4,6,8-9,12,15-23,25-28,30-34,40H2,1-2H3,(H,41,42)(H,44,45)/b7-5-,11-10-,14-13-,29-24-. The second-order valence-electron chi connectivity index (χ2n) is 12.2. The molecule has 4 N–H and O–H groups in total. The van der Waals surface area contributed by atoms with Crippen molar-refractivity contribution in [3.8, 4) is 0 Å². The van der Waals surface area contributed by atoms with Gasteiger partial charge in [-0.1, -0.05) is 114 Å². The number of carboxylic acids is 1. The molecule has 0 aromatic rings. The molecule has 0 aliphatic carbocycles. The van der Waals surface area contributed by atoms with Crippen LogP contribution in [0.5, 0.6) is 0 Å². The molecule has 7 nitrogen and oxygen atoms in total. The molecule has 264 valence electrons. The van der Waals surface area contributed by atoms with E-state index < -0.39 is 12.0 Å². The lowest BCUT2D eigenvalue weighted by atomic mass is 10.1. The van der Waals surface area contributed by atoms with Gasteiger partial charge in [0.25, 0.3) is 0 Å². The molecule has 7 heteroatoms. The van der Waals surface area contributed by atoms with Crippen molar-refractivity contribution in [2.75, 3.05) is 6.54 Å². The van der Waals surface area contributed by atoms with Gasteiger partial charge in [-0.3, -0.25) is 9.59 Å². The Morgan fingerprint density at radius 2 is 1.26 bits per heavy atom. The quantitative estimate of drug-likeness (QED) is 0.0381. The first kappa shape index (κ1) is 43.3. The molecule has 0 heterocycles. The van der Waals surface area contributed by atoms with E-state index in [0.717, 1.165) is 83.5 Å². The van der Waals surface area contributed by atoms with E-state index in [9.17, 15) is 19.5 Å². The van der Waals surface area contributed by atoms with Gasteiger partial charge in [0.1, 0.15) is 12.1 Å². The molecule has 2 atom stereocenters. The SMILES string of the molecule is CC/C=C\C/C=C\C/C=C\CCCCCCCCCC(=O)OC(/C=C\CCCC)CCCCCCC(=O)NC(CCCN)C(=O)O. The van der Waals surface area contributed by atoms with E-state index in [1.165, 1.54) is 32.1 Å². The van der Waals surface area contributed by atoms with Crippen LogP contribution < -0.4 is 11.1 Å². The average Bonchev–Trinajstić information content (AvgIpc) is 3.04. The number of unbranched alkanes of at least 4 members (excludes halogenated alkanes) is 12. The molecule has 0 spiro atoms. The zero-order valence-corrected chi connectivity index (χ0v) is 29.4. The number of esters is 1. The van der Waals surface area contributed by atoms with Gasteiger partial charge in [0, 0.05) is 12.8 Å². The smallest absolute Gasteiger partial charge is 0.326 e. The molecule has 0 aliphatic heterocycles. The highest BCUT2D eigenvalue weighted by molar-refractivity contribution is 5.83. The Kier molecular flexibility index (Phi) is 31.7. The predicted octanol–water partition coefficient (Wildman–Crippen LogP) is 9.66. The van der Waals surface area contributed by atoms with Crippen LogP contribution in [0.1, 0.15) is 162 Å². The molecule has 1 amide bonds. The number of ether oxygens (including phenoxy) is 1. The zero-order valence-electron chi connectivity index (χ0n) is 29.4. The Bertz CT molecular complexity index is 864. The maximum absolute atomic E-state index is 12.6. The summed E-state index contributed by atoms with van der Waals surface area (Å²) in [6.45, 7) is 4.72. The van der Waals surface area contributed by atoms with E-state index in [1.54, 1.807) is 0 Å². The lowest BCUT2D eigenvalue weighted by molar-refractivity contribution is -0.147. The summed E-state index contributed by atoms with van der Waals surface area (Å²) in [6, 6.07) is -0.870. The van der Waals surface area contributed by atoms with Crippen LogP contribution in [-0.4, -0.2) is 41.6 Å². The molecule has 0 bridgehead atoms. The summed E-state index contributed by atoms with van der Waals surface area (Å²) in [5, 5.41) is 11.9. The van der Waals surface area contributed by atoms with E-state index in [4.69, 9.17) is 10.5 Å². The first-order valence-electron chi connectivity index (χ1n) is 18.5. The highest BCUT2D eigenvalue weighted by Crippen LogP contribution is 2.15. The zero-order chi connectivity index (χ0) is 33.9. The number of hydrogen-bond acceptors (Lipinski definition) is 5. The Morgan fingerprint density at radius 1 is 0.674 bits per heavy atom. The molecule has 0 aliphatic rings. The largest absolute Gasteiger partial charge is 0.480 e. The van der Waals surface area contributed by atoms with E-state index in [-0.39, 0.29) is 18.0 Å². The molecule has 0 radical (unpaired) electrons. The summed E-state index contributed by atoms with van der Waals surface area (Å²) in [7, 11) is 0. The summed E-state index contributed by atoms with van der Waals surface area (Å²) in [5.41, 5.74) is 5.46. The van der Waals surface area contributed by atoms with E-state index in [2.05, 4.69) is 61.7 Å². The van der Waals surface area contributed by atoms with Gasteiger partial charge >= 0.3 is 11.9 Å². The fourth-order valence-electron chi connectivity index (χ4n) is 5.06. The summed E-state index contributed by atoms with van der Waals surface area (Å²) < 4.78 is 5.83. The van der Waals surface area contributed by atoms with Crippen LogP contribution in [0, 0.1) is 0 Å². The normalized spacial score (nSPS) is 13.3. The first-order valence-corrected chi connectivity index (χ1v) is 18.5. The Labute approximate surface area is 281 Å². The van der Waals surface area contributed by atoms with Crippen LogP contribution >= 0.6 is 0 Å². The molecule has 0 fully saturated rings. The minimum absolute atomic E-state index is 0.108. The van der Waals surface area contributed by atoms with E-state index in [0.29, 0.717) is 38.6 Å². The number of amides is 1. The Hall–Kier alpha value is -2.67. The van der Waals surface area contributed by atoms with Crippen molar-refractivity contribution in [3.63, 3.8) is 0 Å². The minimum atomic E-state index is -1.02. The fraction of sp³-hybridized carbons (Fsp3) is 0.718. The van der Waals surface area contributed by atoms with Crippen molar-refractivity contribution in [2.24, 2.45) is 5.73 Å². The van der Waals surface area contributed by atoms with Crippen molar-refractivity contribution in [1.29, 1.82) is 0 Å². The topological polar surface area (TPSA) is 119 Å². The van der Waals surface area contributed by atoms with Crippen LogP contribution in [0.25, 0.3) is 0 Å². The maximum atomic E-state index is 12.6. The maximum Gasteiger partial charge on any atom is 0.326 e. The van der Waals surface area contributed by atoms with E-state index >= 15 is 0 Å². The fourth-order valence-corrected chi connectivity index (χ4v) is 5.06. The van der Waals surface area contributed by atoms with Gasteiger partial charge in [0.05, 0.1) is 0 Å². The second-order valence-corrected chi connectivity index (χ2v) is 12.2. The highest BCUT2D eigenvalue weighted by atomic mass is 16.5. The number of carbonyl (C=O) groups excluding carboxylic acids is 2. The monoisotopic (exact) mass is 645 g/mol. The lowest BCUT2D eigenvalue weighted by Gasteiger charge is -2.15. The predicted molar refractivity (Wildman–Crippen MR) is 193 cm³/mol. The summed E-state index contributed by atoms with van der Waals surface area (Å²) in [5.74, 6) is -1.36. The van der Waals surface area contributed by atoms with Gasteiger partial charge in [-0.25, -0.2) is 4.79 Å². The van der Waals surface area contributed by atoms with Crippen LogP contribution in [0.4, 0.5) is 0 Å². The van der Waals surface area contributed by atoms with Gasteiger partial charge in [-0.2, -0.15) is 0 Å². The van der Waals surface area contributed by atoms with Gasteiger partial charge in [0.2, 0.25) is 5.91 Å². The van der Waals surface area contributed by atoms with Crippen LogP contribution in [-0.2, 0) is 19.1 Å². The Balaban J connectivity index is 4.08. The van der Waals surface area contributed by atoms with Gasteiger partial charge in [0.15, 0.2) is 0 Å². The van der Waals surface area contributed by atoms with Crippen LogP contribution in [0.15, 0.2) is 48.6 Å². The van der Waals surface area contributed by atoms with Crippen molar-refractivity contribution in [2.45, 2.75) is 174 Å². The van der Waals surface area contributed by atoms with Crippen LogP contribution in [0.2, 0.25) is 0 Å². The molecule has 0 rings (SSSR count). The van der Waals surface area contributed by atoms with Gasteiger partial charge in [-0.05, 0) is 89.7 Å². The number of rotatable bonds is 32. The van der Waals surface area contributed by atoms with Crippen molar-refractivity contribution >= 4 is 17.8 Å². The Morgan fingerprint density at radius 3 is 1.91 bits per heavy atom. The molecule has 0 aromatic carbocycles. The van der Waals surface area contributed by atoms with Crippen molar-refractivity contribution < 1.29 is 24.2 Å². The molecule has 0 saturated carbocycles. The third kappa shape index (κ3) is 30.0. The average molecular weight is 645 g/mol. The third-order valence-corrected chi connectivity index (χ3v) is 7.86.